The Morgan fingerprint density at radius 2 is 2.10 bits per heavy atom. The van der Waals surface area contributed by atoms with Crippen molar-refractivity contribution in [2.24, 2.45) is 5.73 Å². The predicted octanol–water partition coefficient (Wildman–Crippen LogP) is 3.40. The van der Waals surface area contributed by atoms with Crippen molar-refractivity contribution in [1.82, 2.24) is 4.98 Å². The zero-order valence-electron chi connectivity index (χ0n) is 10.9. The summed E-state index contributed by atoms with van der Waals surface area (Å²) in [5.41, 5.74) is 7.42. The third-order valence-electron chi connectivity index (χ3n) is 2.64. The molecule has 0 aliphatic carbocycles. The summed E-state index contributed by atoms with van der Waals surface area (Å²) in [5.74, 6) is 0.426. The first-order chi connectivity index (χ1) is 9.54. The van der Waals surface area contributed by atoms with Crippen molar-refractivity contribution in [3.8, 4) is 0 Å². The van der Waals surface area contributed by atoms with Crippen molar-refractivity contribution in [3.63, 3.8) is 0 Å². The van der Waals surface area contributed by atoms with E-state index in [1.807, 2.05) is 25.1 Å². The van der Waals surface area contributed by atoms with E-state index in [1.54, 1.807) is 18.2 Å². The normalized spacial score (nSPS) is 11.8. The number of carbonyl (C=O) groups is 1. The molecule has 0 aliphatic rings. The van der Waals surface area contributed by atoms with Crippen LogP contribution in [0.1, 0.15) is 18.5 Å². The largest absolute Gasteiger partial charge is 0.324 e. The summed E-state index contributed by atoms with van der Waals surface area (Å²) in [4.78, 5) is 15.8. The van der Waals surface area contributed by atoms with Crippen LogP contribution in [0.15, 0.2) is 42.6 Å². The lowest BCUT2D eigenvalue weighted by Gasteiger charge is -2.10. The minimum absolute atomic E-state index is 0.0854. The monoisotopic (exact) mass is 290 g/mol. The van der Waals surface area contributed by atoms with Gasteiger partial charge >= 0.3 is 6.03 Å². The van der Waals surface area contributed by atoms with Gasteiger partial charge in [-0.3, -0.25) is 5.32 Å². The van der Waals surface area contributed by atoms with Crippen LogP contribution in [0, 0.1) is 0 Å². The molecule has 104 valence electrons. The van der Waals surface area contributed by atoms with Crippen LogP contribution in [-0.2, 0) is 0 Å². The van der Waals surface area contributed by atoms with Crippen LogP contribution in [-0.4, -0.2) is 11.0 Å². The van der Waals surface area contributed by atoms with Gasteiger partial charge in [0.25, 0.3) is 0 Å². The van der Waals surface area contributed by atoms with E-state index in [9.17, 15) is 4.79 Å². The molecule has 0 aliphatic heterocycles. The van der Waals surface area contributed by atoms with Crippen molar-refractivity contribution < 1.29 is 4.79 Å². The minimum atomic E-state index is -0.373. The zero-order chi connectivity index (χ0) is 14.5. The summed E-state index contributed by atoms with van der Waals surface area (Å²) in [5, 5.41) is 5.85. The van der Waals surface area contributed by atoms with Crippen LogP contribution >= 0.6 is 11.6 Å². The first kappa shape index (κ1) is 14.3. The molecule has 5 nitrogen and oxygen atoms in total. The number of nitrogens with one attached hydrogen (secondary N) is 2. The predicted molar refractivity (Wildman–Crippen MR) is 80.9 cm³/mol. The molecular weight excluding hydrogens is 276 g/mol. The molecule has 2 amide bonds. The summed E-state index contributed by atoms with van der Waals surface area (Å²) in [6.07, 6.45) is 1.47. The number of anilines is 2. The number of pyridine rings is 1. The average molecular weight is 291 g/mol. The second-order valence-corrected chi connectivity index (χ2v) is 4.79. The summed E-state index contributed by atoms with van der Waals surface area (Å²) < 4.78 is 0. The van der Waals surface area contributed by atoms with Crippen LogP contribution in [0.3, 0.4) is 0 Å². The second kappa shape index (κ2) is 6.36. The Morgan fingerprint density at radius 1 is 1.30 bits per heavy atom. The lowest BCUT2D eigenvalue weighted by atomic mass is 10.1. The molecule has 0 bridgehead atoms. The maximum absolute atomic E-state index is 11.8. The highest BCUT2D eigenvalue weighted by atomic mass is 35.5. The highest BCUT2D eigenvalue weighted by molar-refractivity contribution is 6.30. The number of nitrogens with two attached hydrogens (primary N) is 1. The third-order valence-corrected chi connectivity index (χ3v) is 2.86. The Labute approximate surface area is 122 Å². The van der Waals surface area contributed by atoms with Gasteiger partial charge in [0.1, 0.15) is 5.82 Å². The molecule has 0 saturated carbocycles. The van der Waals surface area contributed by atoms with Crippen molar-refractivity contribution in [3.05, 3.63) is 53.2 Å². The van der Waals surface area contributed by atoms with Gasteiger partial charge in [0.15, 0.2) is 0 Å². The molecular formula is C14H15ClN4O. The number of carbonyl (C=O) groups excluding carboxylic acids is 1. The lowest BCUT2D eigenvalue weighted by molar-refractivity contribution is 0.262. The molecule has 1 unspecified atom stereocenters. The van der Waals surface area contributed by atoms with E-state index in [2.05, 4.69) is 15.6 Å². The van der Waals surface area contributed by atoms with Crippen molar-refractivity contribution in [2.75, 3.05) is 10.6 Å². The molecule has 20 heavy (non-hydrogen) atoms. The quantitative estimate of drug-likeness (QED) is 0.810. The van der Waals surface area contributed by atoms with Crippen LogP contribution in [0.2, 0.25) is 5.02 Å². The van der Waals surface area contributed by atoms with E-state index in [4.69, 9.17) is 17.3 Å². The standard InChI is InChI=1S/C14H15ClN4O/c1-9(16)10-3-2-4-12(7-10)18-14(20)19-13-6-5-11(15)8-17-13/h2-9H,16H2,1H3,(H2,17,18,19,20). The fourth-order valence-electron chi connectivity index (χ4n) is 1.63. The number of urea groups is 1. The molecule has 0 saturated heterocycles. The van der Waals surface area contributed by atoms with Gasteiger partial charge in [-0.15, -0.1) is 0 Å². The van der Waals surface area contributed by atoms with Crippen LogP contribution in [0.25, 0.3) is 0 Å². The number of aromatic nitrogens is 1. The smallest absolute Gasteiger partial charge is 0.324 e. The highest BCUT2D eigenvalue weighted by Crippen LogP contribution is 2.16. The van der Waals surface area contributed by atoms with Gasteiger partial charge in [-0.1, -0.05) is 23.7 Å². The van der Waals surface area contributed by atoms with Crippen LogP contribution in [0.4, 0.5) is 16.3 Å². The Balaban J connectivity index is 2.01. The molecule has 0 fully saturated rings. The molecule has 1 atom stereocenters. The van der Waals surface area contributed by atoms with Gasteiger partial charge in [-0.25, -0.2) is 9.78 Å². The Morgan fingerprint density at radius 3 is 2.75 bits per heavy atom. The average Bonchev–Trinajstić information content (AvgIpc) is 2.41. The number of rotatable bonds is 3. The molecule has 2 aromatic rings. The van der Waals surface area contributed by atoms with Crippen molar-refractivity contribution in [2.45, 2.75) is 13.0 Å². The van der Waals surface area contributed by atoms with Crippen LogP contribution in [0.5, 0.6) is 0 Å². The number of benzene rings is 1. The fourth-order valence-corrected chi connectivity index (χ4v) is 1.74. The van der Waals surface area contributed by atoms with E-state index in [1.165, 1.54) is 6.20 Å². The zero-order valence-corrected chi connectivity index (χ0v) is 11.7. The summed E-state index contributed by atoms with van der Waals surface area (Å²) in [7, 11) is 0. The molecule has 0 spiro atoms. The highest BCUT2D eigenvalue weighted by Gasteiger charge is 2.05. The fraction of sp³-hybridized carbons (Fsp3) is 0.143. The van der Waals surface area contributed by atoms with Gasteiger partial charge in [0.05, 0.1) is 5.02 Å². The van der Waals surface area contributed by atoms with E-state index in [-0.39, 0.29) is 12.1 Å². The molecule has 2 rings (SSSR count). The van der Waals surface area contributed by atoms with E-state index in [0.717, 1.165) is 5.56 Å². The molecule has 1 aromatic heterocycles. The van der Waals surface area contributed by atoms with Crippen LogP contribution < -0.4 is 16.4 Å². The summed E-state index contributed by atoms with van der Waals surface area (Å²) >= 11 is 5.72. The maximum atomic E-state index is 11.8. The number of halogens is 1. The first-order valence-corrected chi connectivity index (χ1v) is 6.47. The SMILES string of the molecule is CC(N)c1cccc(NC(=O)Nc2ccc(Cl)cn2)c1. The van der Waals surface area contributed by atoms with E-state index < -0.39 is 0 Å². The number of hydrogen-bond donors (Lipinski definition) is 3. The van der Waals surface area contributed by atoms with Gasteiger partial charge in [-0.2, -0.15) is 0 Å². The Bertz CT molecular complexity index is 598. The molecule has 4 N–H and O–H groups in total. The summed E-state index contributed by atoms with van der Waals surface area (Å²) in [6.45, 7) is 1.89. The third kappa shape index (κ3) is 3.94. The van der Waals surface area contributed by atoms with E-state index in [0.29, 0.717) is 16.5 Å². The van der Waals surface area contributed by atoms with Gasteiger partial charge in [-0.05, 0) is 36.8 Å². The molecule has 6 heteroatoms. The van der Waals surface area contributed by atoms with Crippen molar-refractivity contribution in [1.29, 1.82) is 0 Å². The maximum Gasteiger partial charge on any atom is 0.324 e. The molecule has 0 radical (unpaired) electrons. The Kier molecular flexibility index (Phi) is 4.55. The minimum Gasteiger partial charge on any atom is -0.324 e. The molecule has 1 aromatic carbocycles. The number of amides is 2. The second-order valence-electron chi connectivity index (χ2n) is 4.35. The number of hydrogen-bond acceptors (Lipinski definition) is 3. The Hall–Kier alpha value is -2.11. The topological polar surface area (TPSA) is 80.0 Å². The number of nitrogens with zero attached hydrogens (tertiary/aromatic N) is 1. The van der Waals surface area contributed by atoms with Crippen molar-refractivity contribution >= 4 is 29.1 Å². The lowest BCUT2D eigenvalue weighted by Crippen LogP contribution is -2.20. The molecule has 1 heterocycles. The van der Waals surface area contributed by atoms with Gasteiger partial charge < -0.3 is 11.1 Å². The first-order valence-electron chi connectivity index (χ1n) is 6.09. The van der Waals surface area contributed by atoms with Gasteiger partial charge in [0, 0.05) is 17.9 Å². The summed E-state index contributed by atoms with van der Waals surface area (Å²) in [6, 6.07) is 10.2. The van der Waals surface area contributed by atoms with Gasteiger partial charge in [0.2, 0.25) is 0 Å². The van der Waals surface area contributed by atoms with E-state index >= 15 is 0 Å².